The fourth-order valence-corrected chi connectivity index (χ4v) is 6.41. The number of halogens is 3. The van der Waals surface area contributed by atoms with Gasteiger partial charge in [0.05, 0.1) is 5.69 Å². The highest BCUT2D eigenvalue weighted by atomic mass is 32.2. The van der Waals surface area contributed by atoms with Crippen molar-refractivity contribution in [3.05, 3.63) is 89.7 Å². The van der Waals surface area contributed by atoms with Crippen molar-refractivity contribution in [3.63, 3.8) is 0 Å². The first-order chi connectivity index (χ1) is 21.6. The van der Waals surface area contributed by atoms with Gasteiger partial charge in [0.15, 0.2) is 11.0 Å². The number of carbonyl (C=O) groups is 1. The molecule has 12 heteroatoms. The number of rotatable bonds is 9. The van der Waals surface area contributed by atoms with Gasteiger partial charge in [0, 0.05) is 29.6 Å². The van der Waals surface area contributed by atoms with Crippen molar-refractivity contribution in [2.24, 2.45) is 4.99 Å². The van der Waals surface area contributed by atoms with E-state index < -0.39 is 6.36 Å². The SMILES string of the molecule is Cc1cccc(C)c1N1C(=NC(=O)NCCCCc2ccc(-c3ncn(-c4ccc(OC(F)(F)F)cc4)n3)cc2)SCCC1C. The normalized spacial score (nSPS) is 16.2. The van der Waals surface area contributed by atoms with Crippen molar-refractivity contribution < 1.29 is 22.7 Å². The highest BCUT2D eigenvalue weighted by molar-refractivity contribution is 8.14. The molecule has 1 fully saturated rings. The zero-order valence-corrected chi connectivity index (χ0v) is 26.2. The van der Waals surface area contributed by atoms with E-state index in [0.29, 0.717) is 18.1 Å². The number of unbranched alkanes of at least 4 members (excludes halogenated alkanes) is 1. The minimum atomic E-state index is -4.74. The molecule has 5 rings (SSSR count). The largest absolute Gasteiger partial charge is 0.573 e. The van der Waals surface area contributed by atoms with Gasteiger partial charge in [-0.05, 0) is 87.4 Å². The van der Waals surface area contributed by atoms with Crippen LogP contribution in [-0.4, -0.2) is 50.7 Å². The molecule has 1 atom stereocenters. The molecule has 8 nitrogen and oxygen atoms in total. The van der Waals surface area contributed by atoms with Crippen molar-refractivity contribution in [1.29, 1.82) is 0 Å². The molecular weight excluding hydrogens is 601 g/mol. The summed E-state index contributed by atoms with van der Waals surface area (Å²) < 4.78 is 42.6. The monoisotopic (exact) mass is 636 g/mol. The van der Waals surface area contributed by atoms with Crippen LogP contribution < -0.4 is 15.0 Å². The minimum absolute atomic E-state index is 0.262. The Morgan fingerprint density at radius 2 is 1.76 bits per heavy atom. The predicted octanol–water partition coefficient (Wildman–Crippen LogP) is 7.87. The second kappa shape index (κ2) is 14.2. The molecule has 0 saturated carbocycles. The molecule has 0 bridgehead atoms. The summed E-state index contributed by atoms with van der Waals surface area (Å²) in [6, 6.07) is 19.5. The maximum Gasteiger partial charge on any atom is 0.573 e. The van der Waals surface area contributed by atoms with E-state index in [1.165, 1.54) is 46.4 Å². The van der Waals surface area contributed by atoms with Crippen LogP contribution in [0.5, 0.6) is 5.75 Å². The molecule has 4 aromatic rings. The second-order valence-corrected chi connectivity index (χ2v) is 12.0. The number of benzene rings is 3. The molecule has 236 valence electrons. The quantitative estimate of drug-likeness (QED) is 0.188. The molecule has 0 radical (unpaired) electrons. The number of anilines is 1. The molecule has 45 heavy (non-hydrogen) atoms. The average Bonchev–Trinajstić information content (AvgIpc) is 3.48. The average molecular weight is 637 g/mol. The number of carbonyl (C=O) groups excluding carboxylic acids is 1. The third kappa shape index (κ3) is 8.44. The number of aryl methyl sites for hydroxylation is 3. The van der Waals surface area contributed by atoms with Crippen molar-refractivity contribution in [1.82, 2.24) is 20.1 Å². The first-order valence-electron chi connectivity index (χ1n) is 14.8. The lowest BCUT2D eigenvalue weighted by atomic mass is 10.1. The number of amidine groups is 1. The summed E-state index contributed by atoms with van der Waals surface area (Å²) in [6.45, 7) is 6.91. The smallest absolute Gasteiger partial charge is 0.406 e. The Bertz CT molecular complexity index is 1620. The van der Waals surface area contributed by atoms with Crippen LogP contribution in [0.1, 0.15) is 42.9 Å². The van der Waals surface area contributed by atoms with Gasteiger partial charge in [-0.15, -0.1) is 18.3 Å². The van der Waals surface area contributed by atoms with Crippen LogP contribution in [0.25, 0.3) is 17.1 Å². The Balaban J connectivity index is 1.09. The van der Waals surface area contributed by atoms with Gasteiger partial charge in [-0.2, -0.15) is 4.99 Å². The van der Waals surface area contributed by atoms with Gasteiger partial charge < -0.3 is 15.0 Å². The third-order valence-corrected chi connectivity index (χ3v) is 8.48. The van der Waals surface area contributed by atoms with Gasteiger partial charge in [-0.3, -0.25) is 0 Å². The fourth-order valence-electron chi connectivity index (χ4n) is 5.21. The molecule has 3 aromatic carbocycles. The Morgan fingerprint density at radius 3 is 2.44 bits per heavy atom. The number of ether oxygens (including phenoxy) is 1. The lowest BCUT2D eigenvalue weighted by Crippen LogP contribution is -2.43. The number of nitrogens with zero attached hydrogens (tertiary/aromatic N) is 5. The Hall–Kier alpha value is -4.32. The standard InChI is InChI=1S/C33H35F3N6O2S/c1-22-7-6-8-23(2)29(22)42-24(3)18-20-45-32(42)39-31(43)37-19-5-4-9-25-10-12-26(13-11-25)30-38-21-41(40-30)27-14-16-28(17-15-27)44-33(34,35)36/h6-8,10-17,21,24H,4-5,9,18-20H2,1-3H3,(H,37,43). The number of aliphatic imine (C=N–C) groups is 1. The number of hydrogen-bond acceptors (Lipinski definition) is 5. The van der Waals surface area contributed by atoms with Crippen molar-refractivity contribution in [2.75, 3.05) is 17.2 Å². The van der Waals surface area contributed by atoms with Crippen molar-refractivity contribution >= 4 is 28.6 Å². The minimum Gasteiger partial charge on any atom is -0.406 e. The lowest BCUT2D eigenvalue weighted by molar-refractivity contribution is -0.274. The van der Waals surface area contributed by atoms with E-state index in [2.05, 4.69) is 69.0 Å². The van der Waals surface area contributed by atoms with Crippen LogP contribution in [0.15, 0.2) is 78.0 Å². The second-order valence-electron chi connectivity index (χ2n) is 10.9. The number of urea groups is 1. The van der Waals surface area contributed by atoms with Gasteiger partial charge in [-0.1, -0.05) is 54.2 Å². The number of thioether (sulfide) groups is 1. The van der Waals surface area contributed by atoms with Crippen molar-refractivity contribution in [2.45, 2.75) is 58.9 Å². The molecule has 1 N–H and O–H groups in total. The van der Waals surface area contributed by atoms with Gasteiger partial charge >= 0.3 is 12.4 Å². The summed E-state index contributed by atoms with van der Waals surface area (Å²) in [7, 11) is 0. The van der Waals surface area contributed by atoms with E-state index in [9.17, 15) is 18.0 Å². The van der Waals surface area contributed by atoms with Crippen LogP contribution in [0.4, 0.5) is 23.7 Å². The summed E-state index contributed by atoms with van der Waals surface area (Å²) in [5.74, 6) is 1.14. The molecule has 1 aliphatic rings. The van der Waals surface area contributed by atoms with E-state index in [1.54, 1.807) is 11.8 Å². The number of hydrogen-bond donors (Lipinski definition) is 1. The molecule has 0 spiro atoms. The molecule has 2 amide bonds. The van der Waals surface area contributed by atoms with E-state index >= 15 is 0 Å². The van der Waals surface area contributed by atoms with Gasteiger partial charge in [0.2, 0.25) is 0 Å². The van der Waals surface area contributed by atoms with E-state index in [4.69, 9.17) is 0 Å². The van der Waals surface area contributed by atoms with Crippen LogP contribution in [0, 0.1) is 13.8 Å². The summed E-state index contributed by atoms with van der Waals surface area (Å²) in [5, 5.41) is 8.15. The van der Waals surface area contributed by atoms with E-state index in [0.717, 1.165) is 53.4 Å². The summed E-state index contributed by atoms with van der Waals surface area (Å²) in [5.41, 5.74) is 6.01. The lowest BCUT2D eigenvalue weighted by Gasteiger charge is -2.37. The van der Waals surface area contributed by atoms with Crippen LogP contribution in [0.2, 0.25) is 0 Å². The van der Waals surface area contributed by atoms with Crippen molar-refractivity contribution in [3.8, 4) is 22.8 Å². The topological polar surface area (TPSA) is 84.6 Å². The van der Waals surface area contributed by atoms with Crippen LogP contribution >= 0.6 is 11.8 Å². The Labute approximate surface area is 264 Å². The maximum absolute atomic E-state index is 12.7. The first kappa shape index (κ1) is 32.1. The van der Waals surface area contributed by atoms with Gasteiger partial charge in [0.1, 0.15) is 12.1 Å². The van der Waals surface area contributed by atoms with E-state index in [1.807, 2.05) is 24.3 Å². The van der Waals surface area contributed by atoms with Crippen LogP contribution in [0.3, 0.4) is 0 Å². The van der Waals surface area contributed by atoms with Gasteiger partial charge in [-0.25, -0.2) is 14.5 Å². The van der Waals surface area contributed by atoms with E-state index in [-0.39, 0.29) is 17.8 Å². The zero-order chi connectivity index (χ0) is 32.0. The number of nitrogens with one attached hydrogen (secondary N) is 1. The highest BCUT2D eigenvalue weighted by Gasteiger charge is 2.31. The highest BCUT2D eigenvalue weighted by Crippen LogP contribution is 2.34. The maximum atomic E-state index is 12.7. The van der Waals surface area contributed by atoms with Crippen LogP contribution in [-0.2, 0) is 6.42 Å². The summed E-state index contributed by atoms with van der Waals surface area (Å²) >= 11 is 1.62. The summed E-state index contributed by atoms with van der Waals surface area (Å²) in [6.07, 6.45) is 0.375. The Morgan fingerprint density at radius 1 is 1.04 bits per heavy atom. The molecule has 1 saturated heterocycles. The van der Waals surface area contributed by atoms with Gasteiger partial charge in [0.25, 0.3) is 0 Å². The molecular formula is C33H35F3N6O2S. The number of para-hydroxylation sites is 1. The molecule has 2 heterocycles. The fraction of sp³-hybridized carbons (Fsp3) is 0.333. The third-order valence-electron chi connectivity index (χ3n) is 7.50. The molecule has 1 aliphatic heterocycles. The Kier molecular flexibility index (Phi) is 10.1. The predicted molar refractivity (Wildman–Crippen MR) is 172 cm³/mol. The molecule has 1 unspecified atom stereocenters. The summed E-state index contributed by atoms with van der Waals surface area (Å²) in [4.78, 5) is 23.7. The zero-order valence-electron chi connectivity index (χ0n) is 25.3. The number of amides is 2. The number of alkyl halides is 3. The number of aromatic nitrogens is 3. The first-order valence-corrected chi connectivity index (χ1v) is 15.8. The molecule has 1 aromatic heterocycles. The molecule has 0 aliphatic carbocycles.